The standard InChI is InChI=1S/C19H20ClNO4/c1-12-6-4-5-7-14(12)10-18(22)25-13(2)19(23)21-15-8-9-17(24-3)16(20)11-15/h4-9,11,13H,10H2,1-3H3,(H,21,23)/t13-/m1/s1. The topological polar surface area (TPSA) is 64.6 Å². The van der Waals surface area contributed by atoms with E-state index in [-0.39, 0.29) is 6.42 Å². The minimum atomic E-state index is -0.919. The van der Waals surface area contributed by atoms with Crippen molar-refractivity contribution in [2.45, 2.75) is 26.4 Å². The van der Waals surface area contributed by atoms with Gasteiger partial charge in [-0.2, -0.15) is 0 Å². The molecule has 6 heteroatoms. The van der Waals surface area contributed by atoms with E-state index in [9.17, 15) is 9.59 Å². The molecule has 5 nitrogen and oxygen atoms in total. The van der Waals surface area contributed by atoms with Gasteiger partial charge < -0.3 is 14.8 Å². The fourth-order valence-corrected chi connectivity index (χ4v) is 2.50. The van der Waals surface area contributed by atoms with Crippen molar-refractivity contribution in [2.24, 2.45) is 0 Å². The monoisotopic (exact) mass is 361 g/mol. The molecule has 0 saturated carbocycles. The predicted octanol–water partition coefficient (Wildman–Crippen LogP) is 3.77. The molecule has 0 aliphatic rings. The molecule has 0 bridgehead atoms. The van der Waals surface area contributed by atoms with E-state index in [0.717, 1.165) is 11.1 Å². The Labute approximate surface area is 151 Å². The number of aryl methyl sites for hydroxylation is 1. The molecule has 0 aliphatic heterocycles. The number of carbonyl (C=O) groups is 2. The molecular formula is C19H20ClNO4. The van der Waals surface area contributed by atoms with Gasteiger partial charge in [-0.3, -0.25) is 9.59 Å². The first-order chi connectivity index (χ1) is 11.9. The molecule has 0 fully saturated rings. The van der Waals surface area contributed by atoms with Crippen LogP contribution in [-0.4, -0.2) is 25.1 Å². The molecule has 0 heterocycles. The third-order valence-electron chi connectivity index (χ3n) is 3.69. The summed E-state index contributed by atoms with van der Waals surface area (Å²) in [6, 6.07) is 12.4. The molecule has 25 heavy (non-hydrogen) atoms. The maximum atomic E-state index is 12.2. The van der Waals surface area contributed by atoms with E-state index in [2.05, 4.69) is 5.32 Å². The Morgan fingerprint density at radius 1 is 1.20 bits per heavy atom. The van der Waals surface area contributed by atoms with E-state index in [1.807, 2.05) is 31.2 Å². The molecule has 1 atom stereocenters. The van der Waals surface area contributed by atoms with Gasteiger partial charge in [0.05, 0.1) is 18.6 Å². The lowest BCUT2D eigenvalue weighted by molar-refractivity contribution is -0.152. The summed E-state index contributed by atoms with van der Waals surface area (Å²) < 4.78 is 10.3. The number of benzene rings is 2. The summed E-state index contributed by atoms with van der Waals surface area (Å²) in [4.78, 5) is 24.2. The number of halogens is 1. The van der Waals surface area contributed by atoms with Crippen LogP contribution >= 0.6 is 11.6 Å². The van der Waals surface area contributed by atoms with Gasteiger partial charge in [-0.25, -0.2) is 0 Å². The van der Waals surface area contributed by atoms with Crippen LogP contribution in [0.1, 0.15) is 18.1 Å². The minimum absolute atomic E-state index is 0.124. The van der Waals surface area contributed by atoms with Crippen molar-refractivity contribution in [1.82, 2.24) is 0 Å². The van der Waals surface area contributed by atoms with Crippen molar-refractivity contribution in [3.05, 3.63) is 58.6 Å². The van der Waals surface area contributed by atoms with E-state index in [1.165, 1.54) is 14.0 Å². The molecule has 0 saturated heterocycles. The molecule has 2 aromatic carbocycles. The second-order valence-corrected chi connectivity index (χ2v) is 5.98. The molecule has 2 aromatic rings. The van der Waals surface area contributed by atoms with Crippen LogP contribution in [0.4, 0.5) is 5.69 Å². The fourth-order valence-electron chi connectivity index (χ4n) is 2.24. The second-order valence-electron chi connectivity index (χ2n) is 5.57. The first-order valence-electron chi connectivity index (χ1n) is 7.79. The van der Waals surface area contributed by atoms with Gasteiger partial charge in [-0.1, -0.05) is 35.9 Å². The van der Waals surface area contributed by atoms with Crippen LogP contribution in [0.25, 0.3) is 0 Å². The Bertz CT molecular complexity index is 776. The molecule has 1 amide bonds. The van der Waals surface area contributed by atoms with Crippen molar-refractivity contribution < 1.29 is 19.1 Å². The van der Waals surface area contributed by atoms with Gasteiger partial charge in [0.15, 0.2) is 6.10 Å². The van der Waals surface area contributed by atoms with E-state index < -0.39 is 18.0 Å². The van der Waals surface area contributed by atoms with Crippen LogP contribution < -0.4 is 10.1 Å². The van der Waals surface area contributed by atoms with Gasteiger partial charge in [0.1, 0.15) is 5.75 Å². The van der Waals surface area contributed by atoms with Crippen molar-refractivity contribution in [3.63, 3.8) is 0 Å². The number of anilines is 1. The van der Waals surface area contributed by atoms with Gasteiger partial charge in [-0.05, 0) is 43.2 Å². The number of rotatable bonds is 6. The normalized spacial score (nSPS) is 11.5. The smallest absolute Gasteiger partial charge is 0.311 e. The van der Waals surface area contributed by atoms with Crippen LogP contribution in [-0.2, 0) is 20.7 Å². The summed E-state index contributed by atoms with van der Waals surface area (Å²) >= 11 is 6.02. The van der Waals surface area contributed by atoms with Gasteiger partial charge in [0.2, 0.25) is 0 Å². The van der Waals surface area contributed by atoms with E-state index in [4.69, 9.17) is 21.1 Å². The van der Waals surface area contributed by atoms with Gasteiger partial charge in [0.25, 0.3) is 5.91 Å². The highest BCUT2D eigenvalue weighted by Gasteiger charge is 2.19. The minimum Gasteiger partial charge on any atom is -0.495 e. The lowest BCUT2D eigenvalue weighted by Gasteiger charge is -2.14. The van der Waals surface area contributed by atoms with Crippen LogP contribution in [0.3, 0.4) is 0 Å². The maximum Gasteiger partial charge on any atom is 0.311 e. The maximum absolute atomic E-state index is 12.2. The van der Waals surface area contributed by atoms with Gasteiger partial charge in [-0.15, -0.1) is 0 Å². The number of carbonyl (C=O) groups excluding carboxylic acids is 2. The molecule has 0 aromatic heterocycles. The highest BCUT2D eigenvalue weighted by molar-refractivity contribution is 6.32. The number of hydrogen-bond acceptors (Lipinski definition) is 4. The zero-order valence-corrected chi connectivity index (χ0v) is 15.1. The van der Waals surface area contributed by atoms with Crippen LogP contribution in [0.2, 0.25) is 5.02 Å². The van der Waals surface area contributed by atoms with E-state index >= 15 is 0 Å². The molecule has 132 valence electrons. The number of ether oxygens (including phenoxy) is 2. The highest BCUT2D eigenvalue weighted by Crippen LogP contribution is 2.27. The van der Waals surface area contributed by atoms with Crippen molar-refractivity contribution in [2.75, 3.05) is 12.4 Å². The fraction of sp³-hybridized carbons (Fsp3) is 0.263. The van der Waals surface area contributed by atoms with E-state index in [0.29, 0.717) is 16.5 Å². The average Bonchev–Trinajstić information content (AvgIpc) is 2.57. The lowest BCUT2D eigenvalue weighted by Crippen LogP contribution is -2.30. The largest absolute Gasteiger partial charge is 0.495 e. The van der Waals surface area contributed by atoms with Gasteiger partial charge >= 0.3 is 5.97 Å². The summed E-state index contributed by atoms with van der Waals surface area (Å²) in [5.41, 5.74) is 2.38. The first kappa shape index (κ1) is 18.8. The third kappa shape index (κ3) is 5.22. The Morgan fingerprint density at radius 3 is 2.56 bits per heavy atom. The zero-order chi connectivity index (χ0) is 18.4. The number of esters is 1. The summed E-state index contributed by atoms with van der Waals surface area (Å²) in [6.45, 7) is 3.45. The Balaban J connectivity index is 1.92. The average molecular weight is 362 g/mol. The summed E-state index contributed by atoms with van der Waals surface area (Å²) in [7, 11) is 1.51. The van der Waals surface area contributed by atoms with Crippen LogP contribution in [0, 0.1) is 6.92 Å². The quantitative estimate of drug-likeness (QED) is 0.795. The first-order valence-corrected chi connectivity index (χ1v) is 8.17. The Hall–Kier alpha value is -2.53. The Kier molecular flexibility index (Phi) is 6.42. The molecule has 2 rings (SSSR count). The Morgan fingerprint density at radius 2 is 1.92 bits per heavy atom. The summed E-state index contributed by atoms with van der Waals surface area (Å²) in [6.07, 6.45) is -0.795. The van der Waals surface area contributed by atoms with Crippen molar-refractivity contribution >= 4 is 29.2 Å². The van der Waals surface area contributed by atoms with Crippen molar-refractivity contribution in [1.29, 1.82) is 0 Å². The molecule has 0 radical (unpaired) electrons. The number of hydrogen-bond donors (Lipinski definition) is 1. The number of amides is 1. The van der Waals surface area contributed by atoms with Crippen molar-refractivity contribution in [3.8, 4) is 5.75 Å². The molecule has 0 spiro atoms. The highest BCUT2D eigenvalue weighted by atomic mass is 35.5. The SMILES string of the molecule is COc1ccc(NC(=O)[C@@H](C)OC(=O)Cc2ccccc2C)cc1Cl. The van der Waals surface area contributed by atoms with Crippen LogP contribution in [0.15, 0.2) is 42.5 Å². The lowest BCUT2D eigenvalue weighted by atomic mass is 10.1. The number of nitrogens with one attached hydrogen (secondary N) is 1. The predicted molar refractivity (Wildman–Crippen MR) is 97.1 cm³/mol. The summed E-state index contributed by atoms with van der Waals surface area (Å²) in [5.74, 6) is -0.374. The third-order valence-corrected chi connectivity index (χ3v) is 3.99. The zero-order valence-electron chi connectivity index (χ0n) is 14.3. The molecule has 1 N–H and O–H groups in total. The molecule has 0 aliphatic carbocycles. The molecular weight excluding hydrogens is 342 g/mol. The second kappa shape index (κ2) is 8.53. The molecule has 0 unspecified atom stereocenters. The van der Waals surface area contributed by atoms with Gasteiger partial charge in [0, 0.05) is 5.69 Å². The van der Waals surface area contributed by atoms with E-state index in [1.54, 1.807) is 18.2 Å². The van der Waals surface area contributed by atoms with Crippen LogP contribution in [0.5, 0.6) is 5.75 Å². The number of methoxy groups -OCH3 is 1. The summed E-state index contributed by atoms with van der Waals surface area (Å²) in [5, 5.41) is 3.04.